The van der Waals surface area contributed by atoms with Crippen LogP contribution in [0, 0.1) is 22.0 Å². The second kappa shape index (κ2) is 8.84. The molecule has 0 saturated carbocycles. The van der Waals surface area contributed by atoms with Crippen molar-refractivity contribution in [2.24, 2.45) is 11.8 Å². The van der Waals surface area contributed by atoms with Gasteiger partial charge in [-0.3, -0.25) is 29.3 Å². The van der Waals surface area contributed by atoms with Gasteiger partial charge in [-0.2, -0.15) is 0 Å². The van der Waals surface area contributed by atoms with Crippen molar-refractivity contribution >= 4 is 29.2 Å². The highest BCUT2D eigenvalue weighted by Gasteiger charge is 2.45. The molecule has 0 aliphatic carbocycles. The van der Waals surface area contributed by atoms with E-state index in [4.69, 9.17) is 0 Å². The van der Waals surface area contributed by atoms with Crippen molar-refractivity contribution in [1.82, 2.24) is 0 Å². The van der Waals surface area contributed by atoms with E-state index in [9.17, 15) is 29.3 Å². The molecular formula is C17H19NO8. The number of esters is 2. The van der Waals surface area contributed by atoms with Gasteiger partial charge in [0.2, 0.25) is 0 Å². The zero-order chi connectivity index (χ0) is 20.0. The lowest BCUT2D eigenvalue weighted by Crippen LogP contribution is -2.40. The van der Waals surface area contributed by atoms with Crippen LogP contribution in [0.3, 0.4) is 0 Å². The highest BCUT2D eigenvalue weighted by Crippen LogP contribution is 2.36. The molecule has 0 fully saturated rings. The van der Waals surface area contributed by atoms with Gasteiger partial charge in [-0.15, -0.1) is 0 Å². The Morgan fingerprint density at radius 2 is 1.42 bits per heavy atom. The van der Waals surface area contributed by atoms with Gasteiger partial charge in [-0.05, 0) is 19.4 Å². The van der Waals surface area contributed by atoms with E-state index in [2.05, 4.69) is 9.47 Å². The summed E-state index contributed by atoms with van der Waals surface area (Å²) in [5.74, 6) is -7.52. The second-order valence-corrected chi connectivity index (χ2v) is 5.60. The highest BCUT2D eigenvalue weighted by molar-refractivity contribution is 6.04. The molecule has 0 unspecified atom stereocenters. The van der Waals surface area contributed by atoms with E-state index in [1.54, 1.807) is 0 Å². The van der Waals surface area contributed by atoms with E-state index in [-0.39, 0.29) is 11.3 Å². The molecular weight excluding hydrogens is 346 g/mol. The summed E-state index contributed by atoms with van der Waals surface area (Å²) < 4.78 is 9.28. The van der Waals surface area contributed by atoms with Crippen LogP contribution in [0.4, 0.5) is 5.69 Å². The molecule has 0 N–H and O–H groups in total. The summed E-state index contributed by atoms with van der Waals surface area (Å²) in [4.78, 5) is 59.0. The molecule has 2 atom stereocenters. The fourth-order valence-electron chi connectivity index (χ4n) is 2.81. The normalized spacial score (nSPS) is 12.8. The number of carbonyl (C=O) groups is 4. The first-order valence-corrected chi connectivity index (χ1v) is 7.56. The molecule has 0 heterocycles. The van der Waals surface area contributed by atoms with Crippen LogP contribution in [0.5, 0.6) is 0 Å². The predicted octanol–water partition coefficient (Wildman–Crippen LogP) is 1.43. The molecule has 0 amide bonds. The molecule has 9 heteroatoms. The summed E-state index contributed by atoms with van der Waals surface area (Å²) in [6.45, 7) is 2.22. The van der Waals surface area contributed by atoms with Crippen molar-refractivity contribution in [3.8, 4) is 0 Å². The van der Waals surface area contributed by atoms with E-state index in [0.717, 1.165) is 34.1 Å². The Hall–Kier alpha value is -3.10. The van der Waals surface area contributed by atoms with E-state index >= 15 is 0 Å². The number of ether oxygens (including phenoxy) is 2. The Morgan fingerprint density at radius 1 is 0.962 bits per heavy atom. The van der Waals surface area contributed by atoms with Gasteiger partial charge in [0, 0.05) is 18.1 Å². The molecule has 140 valence electrons. The first kappa shape index (κ1) is 20.9. The number of nitrogens with zero attached hydrogens (tertiary/aromatic N) is 1. The maximum Gasteiger partial charge on any atom is 0.316 e. The van der Waals surface area contributed by atoms with E-state index in [1.807, 2.05) is 0 Å². The van der Waals surface area contributed by atoms with Crippen molar-refractivity contribution in [1.29, 1.82) is 0 Å². The molecule has 1 rings (SSSR count). The third-order valence-electron chi connectivity index (χ3n) is 3.97. The largest absolute Gasteiger partial charge is 0.468 e. The maximum absolute atomic E-state index is 12.2. The van der Waals surface area contributed by atoms with E-state index in [0.29, 0.717) is 0 Å². The molecule has 26 heavy (non-hydrogen) atoms. The van der Waals surface area contributed by atoms with Gasteiger partial charge < -0.3 is 9.47 Å². The number of non-ortho nitro benzene ring substituents is 1. The van der Waals surface area contributed by atoms with Gasteiger partial charge in [-0.25, -0.2) is 0 Å². The van der Waals surface area contributed by atoms with Crippen molar-refractivity contribution in [3.63, 3.8) is 0 Å². The number of ketones is 2. The zero-order valence-electron chi connectivity index (χ0n) is 14.8. The van der Waals surface area contributed by atoms with Crippen LogP contribution in [0.25, 0.3) is 0 Å². The molecule has 1 aromatic rings. The summed E-state index contributed by atoms with van der Waals surface area (Å²) in [5, 5.41) is 11.1. The van der Waals surface area contributed by atoms with Crippen LogP contribution in [-0.2, 0) is 28.7 Å². The van der Waals surface area contributed by atoms with Crippen LogP contribution < -0.4 is 0 Å². The topological polar surface area (TPSA) is 130 Å². The van der Waals surface area contributed by atoms with Crippen molar-refractivity contribution in [2.45, 2.75) is 19.8 Å². The Kier molecular flexibility index (Phi) is 7.12. The summed E-state index contributed by atoms with van der Waals surface area (Å²) in [6.07, 6.45) is 0. The standard InChI is InChI=1S/C17H19NO8/c1-9(19)13(16(21)25-3)15(14(10(2)20)17(22)26-4)11-6-5-7-12(8-11)18(23)24/h5-8,13-15H,1-4H3/t13-,14-/m1/s1. The number of rotatable bonds is 8. The van der Waals surface area contributed by atoms with Gasteiger partial charge >= 0.3 is 11.9 Å². The smallest absolute Gasteiger partial charge is 0.316 e. The van der Waals surface area contributed by atoms with Crippen LogP contribution in [0.15, 0.2) is 24.3 Å². The molecule has 0 aliphatic heterocycles. The van der Waals surface area contributed by atoms with Gasteiger partial charge in [-0.1, -0.05) is 12.1 Å². The number of nitro benzene ring substituents is 1. The minimum Gasteiger partial charge on any atom is -0.468 e. The molecule has 9 nitrogen and oxygen atoms in total. The summed E-state index contributed by atoms with van der Waals surface area (Å²) >= 11 is 0. The van der Waals surface area contributed by atoms with Gasteiger partial charge in [0.1, 0.15) is 23.4 Å². The van der Waals surface area contributed by atoms with Gasteiger partial charge in [0.25, 0.3) is 5.69 Å². The lowest BCUT2D eigenvalue weighted by Gasteiger charge is -2.28. The summed E-state index contributed by atoms with van der Waals surface area (Å²) in [5.41, 5.74) is -0.206. The maximum atomic E-state index is 12.2. The number of methoxy groups -OCH3 is 2. The predicted molar refractivity (Wildman–Crippen MR) is 88.2 cm³/mol. The second-order valence-electron chi connectivity index (χ2n) is 5.60. The number of hydrogen-bond donors (Lipinski definition) is 0. The van der Waals surface area contributed by atoms with E-state index in [1.165, 1.54) is 18.2 Å². The fraction of sp³-hybridized carbons (Fsp3) is 0.412. The minimum absolute atomic E-state index is 0.107. The average Bonchev–Trinajstić information content (AvgIpc) is 2.59. The molecule has 1 aromatic carbocycles. The van der Waals surface area contributed by atoms with Crippen molar-refractivity contribution in [2.75, 3.05) is 14.2 Å². The summed E-state index contributed by atoms with van der Waals surface area (Å²) in [6, 6.07) is 5.06. The molecule has 0 spiro atoms. The Labute approximate surface area is 149 Å². The van der Waals surface area contributed by atoms with Crippen LogP contribution in [0.1, 0.15) is 25.3 Å². The molecule has 0 aromatic heterocycles. The molecule has 0 saturated heterocycles. The van der Waals surface area contributed by atoms with Crippen LogP contribution in [-0.4, -0.2) is 42.6 Å². The lowest BCUT2D eigenvalue weighted by molar-refractivity contribution is -0.385. The zero-order valence-corrected chi connectivity index (χ0v) is 14.8. The monoisotopic (exact) mass is 365 g/mol. The minimum atomic E-state index is -1.50. The number of nitro groups is 1. The molecule has 0 bridgehead atoms. The van der Waals surface area contributed by atoms with E-state index < -0.39 is 46.2 Å². The van der Waals surface area contributed by atoms with Crippen LogP contribution >= 0.6 is 0 Å². The first-order valence-electron chi connectivity index (χ1n) is 7.56. The Bertz CT molecular complexity index is 708. The highest BCUT2D eigenvalue weighted by atomic mass is 16.6. The Morgan fingerprint density at radius 3 is 1.77 bits per heavy atom. The fourth-order valence-corrected chi connectivity index (χ4v) is 2.81. The van der Waals surface area contributed by atoms with Crippen molar-refractivity contribution in [3.05, 3.63) is 39.9 Å². The third-order valence-corrected chi connectivity index (χ3v) is 3.97. The van der Waals surface area contributed by atoms with Gasteiger partial charge in [0.15, 0.2) is 0 Å². The Balaban J connectivity index is 3.70. The molecule has 0 aliphatic rings. The summed E-state index contributed by atoms with van der Waals surface area (Å²) in [7, 11) is 2.12. The average molecular weight is 365 g/mol. The first-order chi connectivity index (χ1) is 12.1. The van der Waals surface area contributed by atoms with Crippen LogP contribution in [0.2, 0.25) is 0 Å². The number of hydrogen-bond acceptors (Lipinski definition) is 8. The SMILES string of the molecule is COC(=O)[C@H](C(C)=O)C(c1cccc([N+](=O)[O-])c1)[C@@H](C(C)=O)C(=O)OC. The quantitative estimate of drug-likeness (QED) is 0.293. The van der Waals surface area contributed by atoms with Gasteiger partial charge in [0.05, 0.1) is 19.1 Å². The number of benzene rings is 1. The lowest BCUT2D eigenvalue weighted by atomic mass is 9.73. The molecule has 0 radical (unpaired) electrons. The number of carbonyl (C=O) groups excluding carboxylic acids is 4. The number of Topliss-reactive ketones (excluding diaryl/α,β-unsaturated/α-hetero) is 2. The van der Waals surface area contributed by atoms with Crippen molar-refractivity contribution < 1.29 is 33.6 Å². The third kappa shape index (κ3) is 4.50.